The zero-order valence-electron chi connectivity index (χ0n) is 12.0. The third-order valence-corrected chi connectivity index (χ3v) is 4.01. The lowest BCUT2D eigenvalue weighted by Crippen LogP contribution is -2.03. The summed E-state index contributed by atoms with van der Waals surface area (Å²) in [6.07, 6.45) is 4.87. The minimum absolute atomic E-state index is 0.643. The van der Waals surface area contributed by atoms with Crippen LogP contribution in [0.3, 0.4) is 0 Å². The van der Waals surface area contributed by atoms with Crippen LogP contribution in [0.2, 0.25) is 5.02 Å². The number of aromatic nitrogens is 2. The summed E-state index contributed by atoms with van der Waals surface area (Å²) in [6.45, 7) is 3.47. The molecule has 3 rings (SSSR count). The fourth-order valence-electron chi connectivity index (χ4n) is 2.67. The quantitative estimate of drug-likeness (QED) is 0.800. The zero-order valence-corrected chi connectivity index (χ0v) is 12.8. The van der Waals surface area contributed by atoms with Crippen molar-refractivity contribution in [1.29, 1.82) is 0 Å². The maximum absolute atomic E-state index is 6.16. The van der Waals surface area contributed by atoms with Crippen LogP contribution in [0.1, 0.15) is 16.8 Å². The molecule has 3 aromatic rings. The van der Waals surface area contributed by atoms with Crippen LogP contribution in [0, 0.1) is 6.92 Å². The molecule has 108 valence electrons. The molecule has 3 nitrogen and oxygen atoms in total. The lowest BCUT2D eigenvalue weighted by Gasteiger charge is -2.07. The van der Waals surface area contributed by atoms with Crippen LogP contribution in [-0.2, 0) is 13.0 Å². The number of pyridine rings is 1. The van der Waals surface area contributed by atoms with E-state index in [1.807, 2.05) is 24.4 Å². The molecule has 0 saturated carbocycles. The van der Waals surface area contributed by atoms with Crippen molar-refractivity contribution in [1.82, 2.24) is 9.55 Å². The molecule has 4 heteroatoms. The van der Waals surface area contributed by atoms with Gasteiger partial charge in [0, 0.05) is 22.8 Å². The maximum Gasteiger partial charge on any atom is 0.0651 e. The summed E-state index contributed by atoms with van der Waals surface area (Å²) in [4.78, 5) is 4.48. The molecule has 0 amide bonds. The molecule has 2 heterocycles. The zero-order chi connectivity index (χ0) is 14.8. The summed E-state index contributed by atoms with van der Waals surface area (Å²) in [5.41, 5.74) is 10.4. The minimum Gasteiger partial charge on any atom is -0.341 e. The van der Waals surface area contributed by atoms with Crippen LogP contribution in [0.25, 0.3) is 10.9 Å². The van der Waals surface area contributed by atoms with Crippen LogP contribution < -0.4 is 5.73 Å². The van der Waals surface area contributed by atoms with Gasteiger partial charge in [0.15, 0.2) is 0 Å². The Hall–Kier alpha value is -1.84. The standard InChI is InChI=1S/C17H18ClN3/c1-12-3-2-8-20-16(12)11-21-10-13(6-7-19)15-5-4-14(18)9-17(15)21/h2-5,8-10H,6-7,11,19H2,1H3. The number of hydrogen-bond donors (Lipinski definition) is 1. The smallest absolute Gasteiger partial charge is 0.0651 e. The van der Waals surface area contributed by atoms with Crippen LogP contribution >= 0.6 is 11.6 Å². The molecule has 0 spiro atoms. The van der Waals surface area contributed by atoms with Crippen molar-refractivity contribution >= 4 is 22.5 Å². The van der Waals surface area contributed by atoms with E-state index in [-0.39, 0.29) is 0 Å². The first-order valence-electron chi connectivity index (χ1n) is 7.07. The van der Waals surface area contributed by atoms with Crippen LogP contribution in [0.4, 0.5) is 0 Å². The summed E-state index contributed by atoms with van der Waals surface area (Å²) in [5, 5.41) is 1.97. The summed E-state index contributed by atoms with van der Waals surface area (Å²) < 4.78 is 2.21. The Morgan fingerprint density at radius 2 is 2.14 bits per heavy atom. The van der Waals surface area contributed by atoms with Gasteiger partial charge in [0.2, 0.25) is 0 Å². The van der Waals surface area contributed by atoms with Crippen molar-refractivity contribution in [3.8, 4) is 0 Å². The predicted octanol–water partition coefficient (Wildman–Crippen LogP) is 3.55. The van der Waals surface area contributed by atoms with Gasteiger partial charge in [-0.15, -0.1) is 0 Å². The maximum atomic E-state index is 6.16. The number of hydrogen-bond acceptors (Lipinski definition) is 2. The lowest BCUT2D eigenvalue weighted by molar-refractivity contribution is 0.793. The highest BCUT2D eigenvalue weighted by molar-refractivity contribution is 6.31. The van der Waals surface area contributed by atoms with E-state index in [9.17, 15) is 0 Å². The van der Waals surface area contributed by atoms with E-state index in [2.05, 4.69) is 34.8 Å². The fourth-order valence-corrected chi connectivity index (χ4v) is 2.84. The number of aryl methyl sites for hydroxylation is 1. The van der Waals surface area contributed by atoms with Gasteiger partial charge < -0.3 is 10.3 Å². The number of nitrogens with zero attached hydrogens (tertiary/aromatic N) is 2. The van der Waals surface area contributed by atoms with Gasteiger partial charge in [0.25, 0.3) is 0 Å². The van der Waals surface area contributed by atoms with Crippen LogP contribution in [-0.4, -0.2) is 16.1 Å². The molecular formula is C17H18ClN3. The molecular weight excluding hydrogens is 282 g/mol. The Bertz CT molecular complexity index is 777. The monoisotopic (exact) mass is 299 g/mol. The third kappa shape index (κ3) is 2.80. The highest BCUT2D eigenvalue weighted by Gasteiger charge is 2.10. The second kappa shape index (κ2) is 5.88. The Kier molecular flexibility index (Phi) is 3.95. The number of nitrogens with two attached hydrogens (primary N) is 1. The van der Waals surface area contributed by atoms with Crippen molar-refractivity contribution < 1.29 is 0 Å². The van der Waals surface area contributed by atoms with Gasteiger partial charge in [0.1, 0.15) is 0 Å². The molecule has 0 unspecified atom stereocenters. The number of halogens is 1. The lowest BCUT2D eigenvalue weighted by atomic mass is 10.1. The minimum atomic E-state index is 0.643. The predicted molar refractivity (Wildman–Crippen MR) is 87.8 cm³/mol. The molecule has 0 atom stereocenters. The third-order valence-electron chi connectivity index (χ3n) is 3.78. The van der Waals surface area contributed by atoms with Gasteiger partial charge in [0.05, 0.1) is 17.8 Å². The molecule has 0 fully saturated rings. The molecule has 0 aliphatic heterocycles. The Morgan fingerprint density at radius 3 is 2.90 bits per heavy atom. The molecule has 0 aliphatic rings. The van der Waals surface area contributed by atoms with Crippen molar-refractivity contribution in [2.24, 2.45) is 5.73 Å². The second-order valence-corrected chi connectivity index (χ2v) is 5.69. The summed E-state index contributed by atoms with van der Waals surface area (Å²) in [6, 6.07) is 10.1. The van der Waals surface area contributed by atoms with Gasteiger partial charge in [-0.05, 0) is 49.2 Å². The van der Waals surface area contributed by atoms with E-state index in [4.69, 9.17) is 17.3 Å². The van der Waals surface area contributed by atoms with Gasteiger partial charge in [-0.2, -0.15) is 0 Å². The highest BCUT2D eigenvalue weighted by atomic mass is 35.5. The molecule has 0 radical (unpaired) electrons. The van der Waals surface area contributed by atoms with E-state index in [1.54, 1.807) is 0 Å². The topological polar surface area (TPSA) is 43.8 Å². The Morgan fingerprint density at radius 1 is 1.29 bits per heavy atom. The van der Waals surface area contributed by atoms with Crippen molar-refractivity contribution in [2.45, 2.75) is 19.9 Å². The van der Waals surface area contributed by atoms with Gasteiger partial charge >= 0.3 is 0 Å². The van der Waals surface area contributed by atoms with Crippen molar-refractivity contribution in [3.05, 3.63) is 64.6 Å². The van der Waals surface area contributed by atoms with Crippen molar-refractivity contribution in [2.75, 3.05) is 6.54 Å². The second-order valence-electron chi connectivity index (χ2n) is 5.25. The normalized spacial score (nSPS) is 11.2. The first-order valence-corrected chi connectivity index (χ1v) is 7.44. The molecule has 2 aromatic heterocycles. The molecule has 0 aliphatic carbocycles. The van der Waals surface area contributed by atoms with E-state index in [1.165, 1.54) is 16.5 Å². The summed E-state index contributed by atoms with van der Waals surface area (Å²) in [7, 11) is 0. The molecule has 0 bridgehead atoms. The fraction of sp³-hybridized carbons (Fsp3) is 0.235. The SMILES string of the molecule is Cc1cccnc1Cn1cc(CCN)c2ccc(Cl)cc21. The highest BCUT2D eigenvalue weighted by Crippen LogP contribution is 2.26. The van der Waals surface area contributed by atoms with Crippen molar-refractivity contribution in [3.63, 3.8) is 0 Å². The van der Waals surface area contributed by atoms with Gasteiger partial charge in [-0.3, -0.25) is 4.98 Å². The van der Waals surface area contributed by atoms with Gasteiger partial charge in [-0.1, -0.05) is 23.7 Å². The first-order chi connectivity index (χ1) is 10.2. The number of benzene rings is 1. The first kappa shape index (κ1) is 14.1. The molecule has 0 saturated heterocycles. The molecule has 1 aromatic carbocycles. The average molecular weight is 300 g/mol. The van der Waals surface area contributed by atoms with E-state index < -0.39 is 0 Å². The van der Waals surface area contributed by atoms with E-state index >= 15 is 0 Å². The molecule has 21 heavy (non-hydrogen) atoms. The number of rotatable bonds is 4. The summed E-state index contributed by atoms with van der Waals surface area (Å²) >= 11 is 6.16. The average Bonchev–Trinajstić information content (AvgIpc) is 2.79. The Balaban J connectivity index is 2.09. The molecule has 2 N–H and O–H groups in total. The van der Waals surface area contributed by atoms with Gasteiger partial charge in [-0.25, -0.2) is 0 Å². The largest absolute Gasteiger partial charge is 0.341 e. The van der Waals surface area contributed by atoms with E-state index in [0.717, 1.165) is 29.2 Å². The number of fused-ring (bicyclic) bond motifs is 1. The van der Waals surface area contributed by atoms with E-state index in [0.29, 0.717) is 6.54 Å². The summed E-state index contributed by atoms with van der Waals surface area (Å²) in [5.74, 6) is 0. The Labute approximate surface area is 129 Å². The van der Waals surface area contributed by atoms with Crippen LogP contribution in [0.15, 0.2) is 42.7 Å². The van der Waals surface area contributed by atoms with Crippen LogP contribution in [0.5, 0.6) is 0 Å².